The number of benzene rings is 2. The summed E-state index contributed by atoms with van der Waals surface area (Å²) >= 11 is 0. The highest BCUT2D eigenvalue weighted by Gasteiger charge is 2.13. The van der Waals surface area contributed by atoms with Gasteiger partial charge in [0.2, 0.25) is 6.41 Å². The summed E-state index contributed by atoms with van der Waals surface area (Å²) < 4.78 is 21.4. The lowest BCUT2D eigenvalue weighted by Crippen LogP contribution is -2.25. The number of rotatable bonds is 6. The monoisotopic (exact) mass is 415 g/mol. The lowest BCUT2D eigenvalue weighted by Gasteiger charge is -2.10. The summed E-state index contributed by atoms with van der Waals surface area (Å²) in [4.78, 5) is 23.8. The number of methoxy groups -OCH3 is 1. The molecule has 0 unspecified atom stereocenters. The summed E-state index contributed by atoms with van der Waals surface area (Å²) in [7, 11) is 8.21. The molecule has 1 aromatic heterocycles. The predicted octanol–water partition coefficient (Wildman–Crippen LogP) is 3.18. The number of carbonyl (C=O) groups excluding carboxylic acids is 2. The Hall–Kier alpha value is -3.75. The first kappa shape index (κ1) is 22.5. The summed E-state index contributed by atoms with van der Waals surface area (Å²) in [6.07, 6.45) is 0.292. The molecule has 9 heteroatoms. The van der Waals surface area contributed by atoms with Gasteiger partial charge >= 0.3 is 6.09 Å². The fourth-order valence-electron chi connectivity index (χ4n) is 2.17. The Balaban J connectivity index is 0.000000575. The van der Waals surface area contributed by atoms with Crippen molar-refractivity contribution in [2.75, 3.05) is 35.3 Å². The van der Waals surface area contributed by atoms with E-state index in [9.17, 15) is 9.59 Å². The van der Waals surface area contributed by atoms with Crippen molar-refractivity contribution >= 4 is 23.5 Å². The van der Waals surface area contributed by atoms with Crippen LogP contribution >= 0.6 is 0 Å². The smallest absolute Gasteiger partial charge is 0.414 e. The van der Waals surface area contributed by atoms with Gasteiger partial charge in [-0.3, -0.25) is 4.79 Å². The van der Waals surface area contributed by atoms with Crippen LogP contribution in [0.5, 0.6) is 17.2 Å². The maximum Gasteiger partial charge on any atom is 0.414 e. The van der Waals surface area contributed by atoms with Crippen molar-refractivity contribution in [1.29, 1.82) is 0 Å². The highest BCUT2D eigenvalue weighted by atomic mass is 16.6. The Labute approximate surface area is 174 Å². The average molecular weight is 415 g/mol. The normalized spacial score (nSPS) is 9.90. The Morgan fingerprint density at radius 1 is 1.07 bits per heavy atom. The lowest BCUT2D eigenvalue weighted by atomic mass is 10.2. The molecule has 0 aliphatic rings. The van der Waals surface area contributed by atoms with Gasteiger partial charge in [0.15, 0.2) is 5.58 Å². The van der Waals surface area contributed by atoms with Gasteiger partial charge in [-0.05, 0) is 24.3 Å². The third kappa shape index (κ3) is 6.40. The second-order valence-electron chi connectivity index (χ2n) is 6.59. The van der Waals surface area contributed by atoms with Gasteiger partial charge in [0.25, 0.3) is 0 Å². The summed E-state index contributed by atoms with van der Waals surface area (Å²) in [5.74, 6) is 1.78. The topological polar surface area (TPSA) is 94.3 Å². The van der Waals surface area contributed by atoms with Crippen molar-refractivity contribution in [3.63, 3.8) is 0 Å². The number of aromatic nitrogens is 1. The van der Waals surface area contributed by atoms with Crippen LogP contribution in [-0.2, 0) is 11.4 Å². The number of ether oxygens (including phenoxy) is 3. The van der Waals surface area contributed by atoms with Crippen molar-refractivity contribution in [2.45, 2.75) is 6.61 Å². The van der Waals surface area contributed by atoms with E-state index in [1.54, 1.807) is 59.6 Å². The van der Waals surface area contributed by atoms with E-state index >= 15 is 0 Å². The molecule has 3 rings (SSSR count). The molecule has 9 nitrogen and oxygen atoms in total. The van der Waals surface area contributed by atoms with E-state index in [1.807, 2.05) is 18.2 Å². The molecular formula is C21H25N3O6. The lowest BCUT2D eigenvalue weighted by molar-refractivity contribution is -0.115. The summed E-state index contributed by atoms with van der Waals surface area (Å²) in [6.45, 7) is 0.247. The van der Waals surface area contributed by atoms with E-state index < -0.39 is 6.09 Å². The van der Waals surface area contributed by atoms with E-state index in [0.717, 1.165) is 17.5 Å². The van der Waals surface area contributed by atoms with E-state index in [4.69, 9.17) is 18.7 Å². The summed E-state index contributed by atoms with van der Waals surface area (Å²) in [5.41, 5.74) is 1.18. The van der Waals surface area contributed by atoms with Gasteiger partial charge in [0, 0.05) is 45.7 Å². The van der Waals surface area contributed by atoms with E-state index in [2.05, 4.69) is 5.16 Å². The van der Waals surface area contributed by atoms with Gasteiger partial charge < -0.3 is 28.5 Å². The van der Waals surface area contributed by atoms with E-state index in [1.165, 1.54) is 9.80 Å². The summed E-state index contributed by atoms with van der Waals surface area (Å²) in [5, 5.41) is 4.82. The van der Waals surface area contributed by atoms with Crippen LogP contribution in [0.4, 0.5) is 4.79 Å². The molecule has 0 N–H and O–H groups in total. The highest BCUT2D eigenvalue weighted by molar-refractivity contribution is 5.81. The Bertz CT molecular complexity index is 984. The van der Waals surface area contributed by atoms with E-state index in [0.29, 0.717) is 22.8 Å². The minimum absolute atomic E-state index is 0.247. The number of carbonyl (C=O) groups is 2. The highest BCUT2D eigenvalue weighted by Crippen LogP contribution is 2.26. The second kappa shape index (κ2) is 10.7. The van der Waals surface area contributed by atoms with Crippen LogP contribution in [0.3, 0.4) is 0 Å². The molecule has 2 amide bonds. The molecule has 160 valence electrons. The molecule has 0 radical (unpaired) electrons. The number of hydrogen-bond donors (Lipinski definition) is 0. The average Bonchev–Trinajstić information content (AvgIpc) is 3.15. The largest absolute Gasteiger partial charge is 0.497 e. The molecule has 3 aromatic rings. The summed E-state index contributed by atoms with van der Waals surface area (Å²) in [6, 6.07) is 12.4. The standard InChI is InChI=1S/C18H18N2O5.C3H7NO/c1-20(2)18(21)24-14-7-8-15-16(19-25-17(15)10-14)11-23-13-6-4-5-12(9-13)22-3;1-4(2)3-5/h4-10H,11H2,1-3H3;3H,1-2H3. The SMILES string of the molecule is CN(C)C=O.COc1cccc(OCc2noc3cc(OC(=O)N(C)C)ccc23)c1. The molecule has 0 spiro atoms. The van der Waals surface area contributed by atoms with Crippen molar-refractivity contribution < 1.29 is 28.3 Å². The minimum Gasteiger partial charge on any atom is -0.497 e. The zero-order chi connectivity index (χ0) is 22.1. The fourth-order valence-corrected chi connectivity index (χ4v) is 2.17. The molecule has 0 saturated carbocycles. The third-order valence-electron chi connectivity index (χ3n) is 3.72. The fraction of sp³-hybridized carbons (Fsp3) is 0.286. The van der Waals surface area contributed by atoms with Crippen LogP contribution in [0.15, 0.2) is 47.0 Å². The molecule has 0 aliphatic carbocycles. The molecule has 30 heavy (non-hydrogen) atoms. The zero-order valence-corrected chi connectivity index (χ0v) is 17.6. The van der Waals surface area contributed by atoms with Gasteiger partial charge in [-0.25, -0.2) is 4.79 Å². The maximum absolute atomic E-state index is 11.6. The van der Waals surface area contributed by atoms with Crippen LogP contribution in [-0.4, -0.2) is 62.8 Å². The van der Waals surface area contributed by atoms with Crippen molar-refractivity contribution in [3.8, 4) is 17.2 Å². The van der Waals surface area contributed by atoms with Crippen LogP contribution in [0.2, 0.25) is 0 Å². The zero-order valence-electron chi connectivity index (χ0n) is 17.6. The van der Waals surface area contributed by atoms with Crippen LogP contribution in [0.1, 0.15) is 5.69 Å². The van der Waals surface area contributed by atoms with Gasteiger partial charge in [0.05, 0.1) is 7.11 Å². The quantitative estimate of drug-likeness (QED) is 0.571. The first-order valence-corrected chi connectivity index (χ1v) is 9.00. The van der Waals surface area contributed by atoms with Gasteiger partial charge in [-0.15, -0.1) is 0 Å². The molecule has 0 fully saturated rings. The van der Waals surface area contributed by atoms with Crippen LogP contribution < -0.4 is 14.2 Å². The van der Waals surface area contributed by atoms with Gasteiger partial charge in [-0.2, -0.15) is 0 Å². The molecule has 0 bridgehead atoms. The Morgan fingerprint density at radius 3 is 2.40 bits per heavy atom. The van der Waals surface area contributed by atoms with Gasteiger partial charge in [0.1, 0.15) is 29.5 Å². The van der Waals surface area contributed by atoms with Gasteiger partial charge in [-0.1, -0.05) is 11.2 Å². The first-order chi connectivity index (χ1) is 14.3. The maximum atomic E-state index is 11.6. The molecule has 0 aliphatic heterocycles. The number of nitrogens with zero attached hydrogens (tertiary/aromatic N) is 3. The second-order valence-corrected chi connectivity index (χ2v) is 6.59. The van der Waals surface area contributed by atoms with Crippen LogP contribution in [0.25, 0.3) is 11.0 Å². The molecule has 0 atom stereocenters. The van der Waals surface area contributed by atoms with E-state index in [-0.39, 0.29) is 6.61 Å². The molecule has 0 saturated heterocycles. The first-order valence-electron chi connectivity index (χ1n) is 9.00. The predicted molar refractivity (Wildman–Crippen MR) is 111 cm³/mol. The molecular weight excluding hydrogens is 390 g/mol. The number of hydrogen-bond acceptors (Lipinski definition) is 7. The van der Waals surface area contributed by atoms with Crippen molar-refractivity contribution in [3.05, 3.63) is 48.2 Å². The third-order valence-corrected chi connectivity index (χ3v) is 3.72. The number of amides is 2. The van der Waals surface area contributed by atoms with Crippen molar-refractivity contribution in [2.24, 2.45) is 0 Å². The van der Waals surface area contributed by atoms with Crippen LogP contribution in [0, 0.1) is 0 Å². The Kier molecular flexibility index (Phi) is 8.04. The number of fused-ring (bicyclic) bond motifs is 1. The molecule has 2 aromatic carbocycles. The Morgan fingerprint density at radius 2 is 1.77 bits per heavy atom. The molecule has 1 heterocycles. The minimum atomic E-state index is -0.458. The van der Waals surface area contributed by atoms with Crippen molar-refractivity contribution in [1.82, 2.24) is 15.0 Å².